The number of hydroxylamine groups is 1. The highest BCUT2D eigenvalue weighted by molar-refractivity contribution is 7.52. The molecule has 1 atom stereocenters. The number of hydrogen-bond acceptors (Lipinski definition) is 3. The van der Waals surface area contributed by atoms with Gasteiger partial charge in [0, 0.05) is 12.7 Å². The van der Waals surface area contributed by atoms with Gasteiger partial charge in [-0.2, -0.15) is 5.48 Å². The third-order valence-electron chi connectivity index (χ3n) is 0.751. The molecule has 0 aliphatic rings. The average Bonchev–Trinajstić information content (AvgIpc) is 1.84. The maximum atomic E-state index is 10.6. The smallest absolute Gasteiger partial charge is 0.323 e. The lowest BCUT2D eigenvalue weighted by atomic mass is 10.8. The first-order valence-electron chi connectivity index (χ1n) is 2.85. The van der Waals surface area contributed by atoms with Gasteiger partial charge < -0.3 is 4.89 Å². The third-order valence-corrected chi connectivity index (χ3v) is 1.96. The quantitative estimate of drug-likeness (QED) is 0.461. The second-order valence-electron chi connectivity index (χ2n) is 1.54. The van der Waals surface area contributed by atoms with Gasteiger partial charge in [0.15, 0.2) is 0 Å². The monoisotopic (exact) mass is 153 g/mol. The minimum absolute atomic E-state index is 0.139. The lowest BCUT2D eigenvalue weighted by Gasteiger charge is -2.07. The zero-order valence-corrected chi connectivity index (χ0v) is 6.52. The Hall–Kier alpha value is 0.110. The standard InChI is InChI=1S/C4H12NO3P/c1-3-5-8-9(6,7)4-2/h5H,3-4H2,1-2H3,(H,6,7). The molecule has 0 saturated heterocycles. The first-order chi connectivity index (χ1) is 4.12. The van der Waals surface area contributed by atoms with Crippen molar-refractivity contribution < 1.29 is 14.1 Å². The predicted octanol–water partition coefficient (Wildman–Crippen LogP) is 0.733. The van der Waals surface area contributed by atoms with Crippen LogP contribution in [0.15, 0.2) is 0 Å². The van der Waals surface area contributed by atoms with Gasteiger partial charge in [0.05, 0.1) is 0 Å². The SMILES string of the molecule is CCNOP(=O)(O)CC. The summed E-state index contributed by atoms with van der Waals surface area (Å²) in [5.41, 5.74) is 2.33. The van der Waals surface area contributed by atoms with Gasteiger partial charge in [-0.25, -0.2) is 4.62 Å². The van der Waals surface area contributed by atoms with Crippen LogP contribution in [0.2, 0.25) is 0 Å². The summed E-state index contributed by atoms with van der Waals surface area (Å²) in [6.07, 6.45) is 0.139. The molecule has 1 unspecified atom stereocenters. The van der Waals surface area contributed by atoms with Crippen LogP contribution in [0, 0.1) is 0 Å². The Balaban J connectivity index is 3.46. The van der Waals surface area contributed by atoms with Gasteiger partial charge in [0.2, 0.25) is 0 Å². The summed E-state index contributed by atoms with van der Waals surface area (Å²) in [6, 6.07) is 0. The Morgan fingerprint density at radius 2 is 2.22 bits per heavy atom. The molecule has 0 rings (SSSR count). The minimum atomic E-state index is -3.30. The van der Waals surface area contributed by atoms with Crippen molar-refractivity contribution in [3.63, 3.8) is 0 Å². The lowest BCUT2D eigenvalue weighted by Crippen LogP contribution is -2.11. The van der Waals surface area contributed by atoms with E-state index in [1.807, 2.05) is 0 Å². The molecule has 0 aromatic rings. The van der Waals surface area contributed by atoms with E-state index >= 15 is 0 Å². The maximum absolute atomic E-state index is 10.6. The highest BCUT2D eigenvalue weighted by Gasteiger charge is 2.14. The van der Waals surface area contributed by atoms with Crippen LogP contribution in [-0.4, -0.2) is 17.6 Å². The second-order valence-corrected chi connectivity index (χ2v) is 3.63. The summed E-state index contributed by atoms with van der Waals surface area (Å²) >= 11 is 0. The Labute approximate surface area is 54.7 Å². The van der Waals surface area contributed by atoms with Crippen molar-refractivity contribution in [3.05, 3.63) is 0 Å². The topological polar surface area (TPSA) is 58.6 Å². The van der Waals surface area contributed by atoms with Crippen molar-refractivity contribution in [2.75, 3.05) is 12.7 Å². The Morgan fingerprint density at radius 1 is 1.67 bits per heavy atom. The zero-order chi connectivity index (χ0) is 7.33. The first kappa shape index (κ1) is 9.11. The predicted molar refractivity (Wildman–Crippen MR) is 35.1 cm³/mol. The normalized spacial score (nSPS) is 17.2. The molecule has 0 radical (unpaired) electrons. The van der Waals surface area contributed by atoms with Crippen LogP contribution < -0.4 is 5.48 Å². The van der Waals surface area contributed by atoms with Gasteiger partial charge >= 0.3 is 7.60 Å². The summed E-state index contributed by atoms with van der Waals surface area (Å²) in [5.74, 6) is 0. The fourth-order valence-corrected chi connectivity index (χ4v) is 0.690. The van der Waals surface area contributed by atoms with E-state index in [2.05, 4.69) is 10.1 Å². The molecular weight excluding hydrogens is 141 g/mol. The molecule has 2 N–H and O–H groups in total. The van der Waals surface area contributed by atoms with Crippen LogP contribution in [-0.2, 0) is 9.19 Å². The molecule has 0 aliphatic heterocycles. The van der Waals surface area contributed by atoms with Crippen LogP contribution in [0.4, 0.5) is 0 Å². The number of hydrogen-bond donors (Lipinski definition) is 2. The van der Waals surface area contributed by atoms with Crippen LogP contribution in [0.3, 0.4) is 0 Å². The van der Waals surface area contributed by atoms with Crippen molar-refractivity contribution >= 4 is 7.60 Å². The molecule has 0 bridgehead atoms. The molecule has 4 nitrogen and oxygen atoms in total. The van der Waals surface area contributed by atoms with Crippen LogP contribution in [0.5, 0.6) is 0 Å². The molecule has 0 aliphatic carbocycles. The maximum Gasteiger partial charge on any atom is 0.344 e. The minimum Gasteiger partial charge on any atom is -0.323 e. The van der Waals surface area contributed by atoms with E-state index in [9.17, 15) is 4.57 Å². The molecule has 0 aromatic carbocycles. The van der Waals surface area contributed by atoms with E-state index in [4.69, 9.17) is 4.89 Å². The van der Waals surface area contributed by atoms with E-state index in [1.54, 1.807) is 13.8 Å². The van der Waals surface area contributed by atoms with Gasteiger partial charge in [-0.3, -0.25) is 4.57 Å². The molecule has 0 fully saturated rings. The summed E-state index contributed by atoms with van der Waals surface area (Å²) in [4.78, 5) is 8.73. The molecular formula is C4H12NO3P. The van der Waals surface area contributed by atoms with Gasteiger partial charge in [-0.1, -0.05) is 13.8 Å². The number of rotatable bonds is 4. The van der Waals surface area contributed by atoms with E-state index in [0.717, 1.165) is 0 Å². The van der Waals surface area contributed by atoms with Crippen LogP contribution in [0.1, 0.15) is 13.8 Å². The molecule has 0 saturated carbocycles. The molecule has 0 heterocycles. The van der Waals surface area contributed by atoms with Gasteiger partial charge in [0.1, 0.15) is 0 Å². The molecule has 0 amide bonds. The van der Waals surface area contributed by atoms with Crippen LogP contribution >= 0.6 is 7.60 Å². The molecule has 5 heteroatoms. The molecule has 9 heavy (non-hydrogen) atoms. The highest BCUT2D eigenvalue weighted by atomic mass is 31.2. The van der Waals surface area contributed by atoms with E-state index in [0.29, 0.717) is 6.54 Å². The van der Waals surface area contributed by atoms with E-state index < -0.39 is 7.60 Å². The largest absolute Gasteiger partial charge is 0.344 e. The zero-order valence-electron chi connectivity index (χ0n) is 5.63. The van der Waals surface area contributed by atoms with Gasteiger partial charge in [0.25, 0.3) is 0 Å². The van der Waals surface area contributed by atoms with Crippen LogP contribution in [0.25, 0.3) is 0 Å². The molecule has 0 spiro atoms. The fraction of sp³-hybridized carbons (Fsp3) is 1.00. The number of nitrogens with one attached hydrogen (secondary N) is 1. The first-order valence-corrected chi connectivity index (χ1v) is 4.62. The Bertz CT molecular complexity index is 116. The van der Waals surface area contributed by atoms with Gasteiger partial charge in [-0.15, -0.1) is 0 Å². The van der Waals surface area contributed by atoms with Crippen molar-refractivity contribution in [3.8, 4) is 0 Å². The van der Waals surface area contributed by atoms with Crippen molar-refractivity contribution in [1.82, 2.24) is 5.48 Å². The summed E-state index contributed by atoms with van der Waals surface area (Å²) in [7, 11) is -3.30. The fourth-order valence-electron chi connectivity index (χ4n) is 0.230. The van der Waals surface area contributed by atoms with E-state index in [1.165, 1.54) is 0 Å². The van der Waals surface area contributed by atoms with Crippen molar-refractivity contribution in [2.45, 2.75) is 13.8 Å². The molecule has 56 valence electrons. The van der Waals surface area contributed by atoms with E-state index in [-0.39, 0.29) is 6.16 Å². The van der Waals surface area contributed by atoms with Gasteiger partial charge in [-0.05, 0) is 0 Å². The summed E-state index contributed by atoms with van der Waals surface area (Å²) in [5, 5.41) is 0. The third kappa shape index (κ3) is 4.60. The summed E-state index contributed by atoms with van der Waals surface area (Å²) < 4.78 is 15.0. The Morgan fingerprint density at radius 3 is 2.56 bits per heavy atom. The Kier molecular flexibility index (Phi) is 4.06. The van der Waals surface area contributed by atoms with Crippen molar-refractivity contribution in [1.29, 1.82) is 0 Å². The molecule has 0 aromatic heterocycles. The lowest BCUT2D eigenvalue weighted by molar-refractivity contribution is 0.172. The second kappa shape index (κ2) is 4.01. The summed E-state index contributed by atoms with van der Waals surface area (Å²) in [6.45, 7) is 3.92. The van der Waals surface area contributed by atoms with Crippen molar-refractivity contribution in [2.24, 2.45) is 0 Å². The highest BCUT2D eigenvalue weighted by Crippen LogP contribution is 2.39. The average molecular weight is 153 g/mol.